The van der Waals surface area contributed by atoms with Gasteiger partial charge in [-0.25, -0.2) is 4.79 Å². The smallest absolute Gasteiger partial charge is 0.435 e. The molecule has 1 N–H and O–H groups in total. The number of amides is 2. The van der Waals surface area contributed by atoms with Crippen LogP contribution in [0.25, 0.3) is 0 Å². The van der Waals surface area contributed by atoms with E-state index in [2.05, 4.69) is 5.10 Å². The molecule has 3 rings (SSSR count). The van der Waals surface area contributed by atoms with Gasteiger partial charge in [-0.15, -0.1) is 0 Å². The number of aliphatic carboxylic acids is 1. The maximum absolute atomic E-state index is 13.4. The Balaban J connectivity index is 1.71. The summed E-state index contributed by atoms with van der Waals surface area (Å²) in [6, 6.07) is 4.60. The Morgan fingerprint density at radius 3 is 2.46 bits per heavy atom. The summed E-state index contributed by atoms with van der Waals surface area (Å²) < 4.78 is 52.5. The molecule has 214 valence electrons. The zero-order valence-electron chi connectivity index (χ0n) is 22.5. The van der Waals surface area contributed by atoms with Crippen LogP contribution in [0.4, 0.5) is 23.7 Å². The number of carboxylic acid groups (broad SMARTS) is 1. The second kappa shape index (κ2) is 11.5. The van der Waals surface area contributed by atoms with Crippen LogP contribution in [0.1, 0.15) is 63.9 Å². The highest BCUT2D eigenvalue weighted by Gasteiger charge is 2.37. The van der Waals surface area contributed by atoms with Gasteiger partial charge in [0.25, 0.3) is 0 Å². The van der Waals surface area contributed by atoms with E-state index in [1.54, 1.807) is 52.8 Å². The van der Waals surface area contributed by atoms with E-state index in [0.29, 0.717) is 24.4 Å². The van der Waals surface area contributed by atoms with E-state index in [9.17, 15) is 27.6 Å². The molecule has 10 nitrogen and oxygen atoms in total. The molecule has 2 amide bonds. The number of aromatic nitrogens is 2. The van der Waals surface area contributed by atoms with E-state index in [1.165, 1.54) is 15.8 Å². The van der Waals surface area contributed by atoms with Crippen LogP contribution in [-0.2, 0) is 33.5 Å². The number of fused-ring (bicyclic) bond motifs is 1. The fourth-order valence-corrected chi connectivity index (χ4v) is 3.97. The molecule has 0 spiro atoms. The topological polar surface area (TPSA) is 114 Å². The molecule has 39 heavy (non-hydrogen) atoms. The van der Waals surface area contributed by atoms with Crippen molar-refractivity contribution in [3.8, 4) is 5.75 Å². The highest BCUT2D eigenvalue weighted by atomic mass is 19.4. The zero-order chi connectivity index (χ0) is 29.1. The van der Waals surface area contributed by atoms with Crippen molar-refractivity contribution in [2.45, 2.75) is 71.9 Å². The summed E-state index contributed by atoms with van der Waals surface area (Å²) in [5.74, 6) is -1.20. The van der Waals surface area contributed by atoms with Crippen molar-refractivity contribution in [2.75, 3.05) is 24.5 Å². The fraction of sp³-hybridized carbons (Fsp3) is 0.538. The Labute approximate surface area is 224 Å². The van der Waals surface area contributed by atoms with Gasteiger partial charge in [0.05, 0.1) is 6.42 Å². The predicted octanol–water partition coefficient (Wildman–Crippen LogP) is 4.66. The van der Waals surface area contributed by atoms with E-state index >= 15 is 0 Å². The number of anilines is 1. The van der Waals surface area contributed by atoms with Crippen LogP contribution >= 0.6 is 0 Å². The van der Waals surface area contributed by atoms with Crippen molar-refractivity contribution in [1.82, 2.24) is 14.7 Å². The number of ether oxygens (including phenoxy) is 2. The van der Waals surface area contributed by atoms with Crippen LogP contribution in [0, 0.1) is 0 Å². The Morgan fingerprint density at radius 2 is 1.87 bits per heavy atom. The van der Waals surface area contributed by atoms with Crippen LogP contribution in [0.5, 0.6) is 5.75 Å². The third kappa shape index (κ3) is 7.87. The number of hydrogen-bond acceptors (Lipinski definition) is 6. The standard InChI is InChI=1S/C26H33F3N4O6/c1-16(2)33-13-18(23(30-33)26(27,28)29)15-38-19-6-7-20-17(12-19)8-11-32(20)21(34)14-31(10-9-22(35)36)24(37)39-25(3,4)5/h6-7,12-13,16H,8-11,14-15H2,1-5H3,(H,35,36). The summed E-state index contributed by atoms with van der Waals surface area (Å²) >= 11 is 0. The molecule has 13 heteroatoms. The lowest BCUT2D eigenvalue weighted by molar-refractivity contribution is -0.142. The largest absolute Gasteiger partial charge is 0.489 e. The van der Waals surface area contributed by atoms with Gasteiger partial charge >= 0.3 is 18.2 Å². The number of halogens is 3. The summed E-state index contributed by atoms with van der Waals surface area (Å²) in [6.45, 7) is 7.86. The molecule has 1 aromatic heterocycles. The summed E-state index contributed by atoms with van der Waals surface area (Å²) in [4.78, 5) is 39.3. The maximum atomic E-state index is 13.4. The van der Waals surface area contributed by atoms with Gasteiger partial charge in [0.2, 0.25) is 5.91 Å². The molecule has 2 heterocycles. The molecule has 2 aromatic rings. The summed E-state index contributed by atoms with van der Waals surface area (Å²) in [7, 11) is 0. The number of hydrogen-bond donors (Lipinski definition) is 1. The first-order chi connectivity index (χ1) is 18.0. The van der Waals surface area contributed by atoms with Gasteiger partial charge in [0, 0.05) is 36.6 Å². The summed E-state index contributed by atoms with van der Waals surface area (Å²) in [5, 5.41) is 12.7. The molecule has 0 atom stereocenters. The van der Waals surface area contributed by atoms with E-state index in [4.69, 9.17) is 14.6 Å². The van der Waals surface area contributed by atoms with Crippen LogP contribution in [0.2, 0.25) is 0 Å². The molecule has 1 aliphatic heterocycles. The Kier molecular flexibility index (Phi) is 8.81. The van der Waals surface area contributed by atoms with E-state index in [1.807, 2.05) is 0 Å². The number of alkyl halides is 3. The lowest BCUT2D eigenvalue weighted by Crippen LogP contribution is -2.45. The second-order valence-corrected chi connectivity index (χ2v) is 10.5. The number of nitrogens with zero attached hydrogens (tertiary/aromatic N) is 4. The molecule has 0 radical (unpaired) electrons. The number of carbonyl (C=O) groups is 3. The fourth-order valence-electron chi connectivity index (χ4n) is 3.97. The van der Waals surface area contributed by atoms with Gasteiger partial charge < -0.3 is 19.5 Å². The number of rotatable bonds is 9. The highest BCUT2D eigenvalue weighted by Crippen LogP contribution is 2.34. The minimum absolute atomic E-state index is 0.0860. The average Bonchev–Trinajstić information content (AvgIpc) is 3.43. The number of carbonyl (C=O) groups excluding carboxylic acids is 2. The monoisotopic (exact) mass is 554 g/mol. The molecule has 0 bridgehead atoms. The molecule has 0 fully saturated rings. The first kappa shape index (κ1) is 29.8. The van der Waals surface area contributed by atoms with Gasteiger partial charge in [-0.2, -0.15) is 18.3 Å². The van der Waals surface area contributed by atoms with Gasteiger partial charge in [-0.05, 0) is 64.8 Å². The van der Waals surface area contributed by atoms with Gasteiger partial charge in [0.1, 0.15) is 24.5 Å². The highest BCUT2D eigenvalue weighted by molar-refractivity contribution is 5.98. The summed E-state index contributed by atoms with van der Waals surface area (Å²) in [6.07, 6.45) is -3.97. The Hall–Kier alpha value is -3.77. The summed E-state index contributed by atoms with van der Waals surface area (Å²) in [5.41, 5.74) is -0.571. The molecule has 0 aliphatic carbocycles. The normalized spacial score (nSPS) is 13.4. The van der Waals surface area contributed by atoms with Crippen molar-refractivity contribution >= 4 is 23.7 Å². The molecule has 0 saturated heterocycles. The lowest BCUT2D eigenvalue weighted by atomic mass is 10.1. The van der Waals surface area contributed by atoms with Crippen LogP contribution < -0.4 is 9.64 Å². The molecule has 0 unspecified atom stereocenters. The molecule has 0 saturated carbocycles. The van der Waals surface area contributed by atoms with Gasteiger partial charge in [-0.3, -0.25) is 19.2 Å². The third-order valence-electron chi connectivity index (χ3n) is 5.82. The minimum Gasteiger partial charge on any atom is -0.489 e. The predicted molar refractivity (Wildman–Crippen MR) is 135 cm³/mol. The van der Waals surface area contributed by atoms with E-state index < -0.39 is 35.4 Å². The minimum atomic E-state index is -4.62. The van der Waals surface area contributed by atoms with E-state index in [0.717, 1.165) is 10.5 Å². The maximum Gasteiger partial charge on any atom is 0.435 e. The van der Waals surface area contributed by atoms with Crippen LogP contribution in [0.3, 0.4) is 0 Å². The number of carboxylic acids is 1. The quantitative estimate of drug-likeness (QED) is 0.480. The Bertz CT molecular complexity index is 1220. The van der Waals surface area contributed by atoms with Crippen molar-refractivity contribution in [1.29, 1.82) is 0 Å². The first-order valence-corrected chi connectivity index (χ1v) is 12.5. The molecule has 1 aromatic carbocycles. The first-order valence-electron chi connectivity index (χ1n) is 12.5. The third-order valence-corrected chi connectivity index (χ3v) is 5.82. The van der Waals surface area contributed by atoms with Crippen molar-refractivity contribution in [3.63, 3.8) is 0 Å². The van der Waals surface area contributed by atoms with Crippen molar-refractivity contribution in [3.05, 3.63) is 41.2 Å². The second-order valence-electron chi connectivity index (χ2n) is 10.5. The molecular formula is C26H33F3N4O6. The van der Waals surface area contributed by atoms with Crippen molar-refractivity contribution in [2.24, 2.45) is 0 Å². The molecule has 1 aliphatic rings. The lowest BCUT2D eigenvalue weighted by Gasteiger charge is -2.28. The Morgan fingerprint density at radius 1 is 1.18 bits per heavy atom. The van der Waals surface area contributed by atoms with Gasteiger partial charge in [0.15, 0.2) is 5.69 Å². The molecular weight excluding hydrogens is 521 g/mol. The number of benzene rings is 1. The van der Waals surface area contributed by atoms with E-state index in [-0.39, 0.29) is 37.7 Å². The zero-order valence-corrected chi connectivity index (χ0v) is 22.5. The average molecular weight is 555 g/mol. The van der Waals surface area contributed by atoms with Gasteiger partial charge in [-0.1, -0.05) is 0 Å². The van der Waals surface area contributed by atoms with Crippen molar-refractivity contribution < 1.29 is 42.1 Å². The van der Waals surface area contributed by atoms with Crippen LogP contribution in [-0.4, -0.2) is 63.0 Å². The SMILES string of the molecule is CC(C)n1cc(COc2ccc3c(c2)CCN3C(=O)CN(CCC(=O)O)C(=O)OC(C)(C)C)c(C(F)(F)F)n1. The van der Waals surface area contributed by atoms with Crippen LogP contribution in [0.15, 0.2) is 24.4 Å².